The Bertz CT molecular complexity index is 1390. The Kier molecular flexibility index (Phi) is 7.66. The average Bonchev–Trinajstić information content (AvgIpc) is 3.11. The summed E-state index contributed by atoms with van der Waals surface area (Å²) in [7, 11) is 2.71. The van der Waals surface area contributed by atoms with Crippen molar-refractivity contribution in [2.75, 3.05) is 14.2 Å². The van der Waals surface area contributed by atoms with Gasteiger partial charge in [0, 0.05) is 6.20 Å². The molecule has 1 N–H and O–H groups in total. The summed E-state index contributed by atoms with van der Waals surface area (Å²) in [6.07, 6.45) is 1.58. The summed E-state index contributed by atoms with van der Waals surface area (Å²) in [5, 5.41) is 12.0. The summed E-state index contributed by atoms with van der Waals surface area (Å²) in [4.78, 5) is 32.1. The van der Waals surface area contributed by atoms with Gasteiger partial charge in [-0.3, -0.25) is 14.6 Å². The van der Waals surface area contributed by atoms with Crippen LogP contribution in [-0.2, 0) is 16.1 Å². The highest BCUT2D eigenvalue weighted by atomic mass is 35.5. The highest BCUT2D eigenvalue weighted by Crippen LogP contribution is 2.47. The second-order valence-corrected chi connectivity index (χ2v) is 9.31. The number of ketones is 1. The van der Waals surface area contributed by atoms with E-state index in [4.69, 9.17) is 55.9 Å². The number of carbonyl (C=O) groups excluding carboxylic acids is 2. The Morgan fingerprint density at radius 3 is 2.31 bits per heavy atom. The molecule has 0 radical (unpaired) electrons. The van der Waals surface area contributed by atoms with Crippen molar-refractivity contribution in [1.82, 2.24) is 9.88 Å². The highest BCUT2D eigenvalue weighted by Gasteiger charge is 2.46. The highest BCUT2D eigenvalue weighted by molar-refractivity contribution is 6.47. The number of rotatable bonds is 6. The molecule has 1 aliphatic rings. The summed E-state index contributed by atoms with van der Waals surface area (Å²) in [6, 6.07) is 10.2. The first kappa shape index (κ1) is 26.1. The van der Waals surface area contributed by atoms with Gasteiger partial charge >= 0.3 is 0 Å². The van der Waals surface area contributed by atoms with Crippen LogP contribution in [0.4, 0.5) is 0 Å². The largest absolute Gasteiger partial charge is 0.507 e. The summed E-state index contributed by atoms with van der Waals surface area (Å²) in [5.74, 6) is -2.13. The zero-order valence-electron chi connectivity index (χ0n) is 18.9. The number of halogens is 4. The second-order valence-electron chi connectivity index (χ2n) is 7.71. The van der Waals surface area contributed by atoms with Gasteiger partial charge in [-0.2, -0.15) is 0 Å². The van der Waals surface area contributed by atoms with Gasteiger partial charge in [-0.25, -0.2) is 0 Å². The molecule has 0 spiro atoms. The zero-order valence-corrected chi connectivity index (χ0v) is 21.9. The third-order valence-electron chi connectivity index (χ3n) is 5.65. The summed E-state index contributed by atoms with van der Waals surface area (Å²) < 4.78 is 10.6. The number of ether oxygens (including phenoxy) is 2. The van der Waals surface area contributed by atoms with Gasteiger partial charge in [-0.1, -0.05) is 58.5 Å². The number of amides is 1. The first-order valence-corrected chi connectivity index (χ1v) is 11.9. The van der Waals surface area contributed by atoms with E-state index in [-0.39, 0.29) is 49.3 Å². The molecule has 36 heavy (non-hydrogen) atoms. The number of Topliss-reactive ketones (excluding diaryl/α,β-unsaturated/α-hetero) is 1. The van der Waals surface area contributed by atoms with Crippen molar-refractivity contribution in [3.05, 3.63) is 91.1 Å². The Labute approximate surface area is 226 Å². The third kappa shape index (κ3) is 4.60. The zero-order chi connectivity index (χ0) is 26.1. The maximum atomic E-state index is 13.3. The minimum Gasteiger partial charge on any atom is -0.507 e. The average molecular weight is 568 g/mol. The number of methoxy groups -OCH3 is 2. The molecule has 1 unspecified atom stereocenters. The fourth-order valence-corrected chi connectivity index (χ4v) is 5.02. The molecule has 1 atom stereocenters. The van der Waals surface area contributed by atoms with Crippen molar-refractivity contribution in [3.63, 3.8) is 0 Å². The van der Waals surface area contributed by atoms with Crippen molar-refractivity contribution < 1.29 is 24.2 Å². The minimum atomic E-state index is -1.02. The second kappa shape index (κ2) is 10.6. The molecule has 0 bridgehead atoms. The van der Waals surface area contributed by atoms with Crippen LogP contribution in [0.3, 0.4) is 0 Å². The van der Waals surface area contributed by atoms with Crippen LogP contribution < -0.4 is 9.47 Å². The van der Waals surface area contributed by atoms with Crippen molar-refractivity contribution in [1.29, 1.82) is 0 Å². The molecule has 1 saturated heterocycles. The Morgan fingerprint density at radius 1 is 0.972 bits per heavy atom. The van der Waals surface area contributed by atoms with Crippen LogP contribution in [0.2, 0.25) is 20.1 Å². The predicted molar refractivity (Wildman–Crippen MR) is 138 cm³/mol. The maximum Gasteiger partial charge on any atom is 0.296 e. The number of pyridine rings is 1. The van der Waals surface area contributed by atoms with Crippen LogP contribution in [0.1, 0.15) is 22.9 Å². The van der Waals surface area contributed by atoms with Crippen LogP contribution in [0, 0.1) is 0 Å². The molecule has 11 heteroatoms. The number of carbonyl (C=O) groups is 2. The lowest BCUT2D eigenvalue weighted by molar-refractivity contribution is -0.140. The summed E-state index contributed by atoms with van der Waals surface area (Å²) in [6.45, 7) is -0.00559. The van der Waals surface area contributed by atoms with E-state index >= 15 is 0 Å². The third-order valence-corrected chi connectivity index (χ3v) is 7.02. The van der Waals surface area contributed by atoms with Crippen molar-refractivity contribution in [2.24, 2.45) is 0 Å². The van der Waals surface area contributed by atoms with Crippen molar-refractivity contribution in [3.8, 4) is 11.5 Å². The van der Waals surface area contributed by atoms with E-state index in [1.807, 2.05) is 0 Å². The Morgan fingerprint density at radius 2 is 1.69 bits per heavy atom. The van der Waals surface area contributed by atoms with Crippen molar-refractivity contribution >= 4 is 63.9 Å². The first-order valence-electron chi connectivity index (χ1n) is 10.4. The molecule has 0 saturated carbocycles. The molecule has 1 amide bonds. The SMILES string of the molecule is COc1c(Cl)cc(/C(O)=C2\C(=O)C(=O)N(Cc3ccccn3)C2c2ccc(Cl)c(Cl)c2)c(OC)c1Cl. The molecular weight excluding hydrogens is 550 g/mol. The quantitative estimate of drug-likeness (QED) is 0.212. The normalized spacial score (nSPS) is 16.9. The van der Waals surface area contributed by atoms with Gasteiger partial charge in [0.25, 0.3) is 11.7 Å². The van der Waals surface area contributed by atoms with Gasteiger partial charge in [0.1, 0.15) is 10.8 Å². The van der Waals surface area contributed by atoms with Gasteiger partial charge < -0.3 is 19.5 Å². The number of aromatic nitrogens is 1. The molecule has 2 heterocycles. The van der Waals surface area contributed by atoms with Crippen LogP contribution >= 0.6 is 46.4 Å². The standard InChI is InChI=1S/C25H18Cl4N2O5/c1-35-23-14(10-17(28)24(36-2)19(23)29)21(32)18-20(12-6-7-15(26)16(27)9-12)31(25(34)22(18)33)11-13-5-3-4-8-30-13/h3-10,20,32H,11H2,1-2H3/b21-18+. The monoisotopic (exact) mass is 566 g/mol. The number of benzene rings is 2. The number of nitrogens with zero attached hydrogens (tertiary/aromatic N) is 2. The van der Waals surface area contributed by atoms with E-state index in [0.29, 0.717) is 11.3 Å². The van der Waals surface area contributed by atoms with Gasteiger partial charge in [-0.15, -0.1) is 0 Å². The number of hydrogen-bond acceptors (Lipinski definition) is 6. The van der Waals surface area contributed by atoms with Gasteiger partial charge in [0.2, 0.25) is 0 Å². The van der Waals surface area contributed by atoms with E-state index in [2.05, 4.69) is 4.98 Å². The molecule has 2 aromatic carbocycles. The maximum absolute atomic E-state index is 13.3. The van der Waals surface area contributed by atoms with E-state index in [0.717, 1.165) is 0 Å². The first-order chi connectivity index (χ1) is 17.2. The summed E-state index contributed by atoms with van der Waals surface area (Å²) in [5.41, 5.74) is 0.794. The van der Waals surface area contributed by atoms with Crippen LogP contribution in [-0.4, -0.2) is 40.9 Å². The van der Waals surface area contributed by atoms with Crippen LogP contribution in [0.5, 0.6) is 11.5 Å². The van der Waals surface area contributed by atoms with Gasteiger partial charge in [0.05, 0.1) is 58.7 Å². The molecule has 1 aromatic heterocycles. The molecule has 186 valence electrons. The molecule has 4 rings (SSSR count). The van der Waals surface area contributed by atoms with E-state index in [9.17, 15) is 14.7 Å². The molecule has 7 nitrogen and oxygen atoms in total. The number of aliphatic hydroxyl groups excluding tert-OH is 1. The van der Waals surface area contributed by atoms with Crippen molar-refractivity contribution in [2.45, 2.75) is 12.6 Å². The van der Waals surface area contributed by atoms with E-state index in [1.165, 1.54) is 31.3 Å². The lowest BCUT2D eigenvalue weighted by atomic mass is 9.95. The molecule has 0 aliphatic carbocycles. The fourth-order valence-electron chi connectivity index (χ4n) is 4.03. The number of aliphatic hydroxyl groups is 1. The lowest BCUT2D eigenvalue weighted by Gasteiger charge is -2.25. The fraction of sp³-hybridized carbons (Fsp3) is 0.160. The molecular formula is C25H18Cl4N2O5. The molecule has 1 aliphatic heterocycles. The Balaban J connectivity index is 1.97. The topological polar surface area (TPSA) is 89.0 Å². The lowest BCUT2D eigenvalue weighted by Crippen LogP contribution is -2.29. The summed E-state index contributed by atoms with van der Waals surface area (Å²) >= 11 is 25.1. The van der Waals surface area contributed by atoms with Crippen LogP contribution in [0.15, 0.2) is 54.2 Å². The Hall–Kier alpha value is -2.97. The number of hydrogen-bond donors (Lipinski definition) is 1. The smallest absolute Gasteiger partial charge is 0.296 e. The van der Waals surface area contributed by atoms with Gasteiger partial charge in [-0.05, 0) is 35.9 Å². The van der Waals surface area contributed by atoms with Gasteiger partial charge in [0.15, 0.2) is 11.5 Å². The molecule has 3 aromatic rings. The van der Waals surface area contributed by atoms with E-state index in [1.54, 1.807) is 36.5 Å². The van der Waals surface area contributed by atoms with E-state index < -0.39 is 23.5 Å². The number of likely N-dealkylation sites (tertiary alicyclic amines) is 1. The van der Waals surface area contributed by atoms with Crippen LogP contribution in [0.25, 0.3) is 5.76 Å². The molecule has 1 fully saturated rings. The minimum absolute atomic E-state index is 0.00559. The predicted octanol–water partition coefficient (Wildman–Crippen LogP) is 6.33.